The van der Waals surface area contributed by atoms with Crippen LogP contribution in [0.5, 0.6) is 0 Å². The number of rotatable bonds is 1. The topological polar surface area (TPSA) is 97.7 Å². The van der Waals surface area contributed by atoms with Gasteiger partial charge in [0.1, 0.15) is 0 Å². The third kappa shape index (κ3) is 103. The van der Waals surface area contributed by atoms with Crippen LogP contribution < -0.4 is 0 Å². The van der Waals surface area contributed by atoms with Gasteiger partial charge in [0.25, 0.3) is 0 Å². The molecule has 0 radical (unpaired) electrons. The van der Waals surface area contributed by atoms with Gasteiger partial charge < -0.3 is 14.2 Å². The number of aliphatic carboxylic acids is 1. The SMILES string of the molecule is O=C(O)CF.O=S([O-])O. The first-order valence-corrected chi connectivity index (χ1v) is 2.60. The summed E-state index contributed by atoms with van der Waals surface area (Å²) in [4.78, 5) is 8.99. The van der Waals surface area contributed by atoms with Gasteiger partial charge >= 0.3 is 5.97 Å². The minimum atomic E-state index is -2.86. The largest absolute Gasteiger partial charge is 0.750 e. The number of carbonyl (C=O) groups is 1. The highest BCUT2D eigenvalue weighted by Gasteiger charge is 1.85. The molecule has 0 saturated carbocycles. The van der Waals surface area contributed by atoms with Crippen molar-refractivity contribution in [3.63, 3.8) is 0 Å². The van der Waals surface area contributed by atoms with Gasteiger partial charge in [-0.25, -0.2) is 13.4 Å². The third-order valence-electron chi connectivity index (χ3n) is 0.114. The summed E-state index contributed by atoms with van der Waals surface area (Å²) in [5.41, 5.74) is 0. The summed E-state index contributed by atoms with van der Waals surface area (Å²) in [6.45, 7) is -1.28. The standard InChI is InChI=1S/C2H3FO2.H2O3S/c3-1-2(4)5;1-4(2)3/h1H2,(H,4,5);(H2,1,2,3)/p-1. The molecule has 9 heavy (non-hydrogen) atoms. The molecule has 1 unspecified atom stereocenters. The Morgan fingerprint density at radius 2 is 1.89 bits per heavy atom. The minimum absolute atomic E-state index is 1.28. The van der Waals surface area contributed by atoms with Crippen molar-refractivity contribution < 1.29 is 27.6 Å². The molecule has 0 aliphatic carbocycles. The smallest absolute Gasteiger partial charge is 0.335 e. The van der Waals surface area contributed by atoms with E-state index in [4.69, 9.17) is 23.2 Å². The maximum absolute atomic E-state index is 10.5. The van der Waals surface area contributed by atoms with E-state index in [2.05, 4.69) is 0 Å². The number of alkyl halides is 1. The van der Waals surface area contributed by atoms with Crippen molar-refractivity contribution in [3.8, 4) is 0 Å². The molecule has 7 heteroatoms. The fourth-order valence-electron chi connectivity index (χ4n) is 0. The Bertz CT molecular complexity index is 99.1. The molecule has 0 aliphatic heterocycles. The zero-order valence-corrected chi connectivity index (χ0v) is 4.93. The van der Waals surface area contributed by atoms with E-state index in [1.807, 2.05) is 0 Å². The predicted octanol–water partition coefficient (Wildman–Crippen LogP) is -0.621. The second kappa shape index (κ2) is 7.47. The van der Waals surface area contributed by atoms with Crippen molar-refractivity contribution in [2.45, 2.75) is 0 Å². The van der Waals surface area contributed by atoms with E-state index >= 15 is 0 Å². The van der Waals surface area contributed by atoms with E-state index in [9.17, 15) is 4.39 Å². The van der Waals surface area contributed by atoms with Crippen LogP contribution in [0, 0.1) is 0 Å². The van der Waals surface area contributed by atoms with Gasteiger partial charge in [0.15, 0.2) is 6.67 Å². The number of carboxylic acid groups (broad SMARTS) is 1. The lowest BCUT2D eigenvalue weighted by Gasteiger charge is -1.83. The van der Waals surface area contributed by atoms with Crippen LogP contribution in [0.2, 0.25) is 0 Å². The lowest BCUT2D eigenvalue weighted by Crippen LogP contribution is -1.93. The highest BCUT2D eigenvalue weighted by Crippen LogP contribution is 1.60. The van der Waals surface area contributed by atoms with Gasteiger partial charge in [0, 0.05) is 0 Å². The molecule has 0 aliphatic rings. The summed E-state index contributed by atoms with van der Waals surface area (Å²) >= 11 is -2.86. The fourth-order valence-corrected chi connectivity index (χ4v) is 0. The summed E-state index contributed by atoms with van der Waals surface area (Å²) < 4.78 is 34.6. The Morgan fingerprint density at radius 1 is 1.78 bits per heavy atom. The van der Waals surface area contributed by atoms with Crippen LogP contribution in [0.4, 0.5) is 4.39 Å². The Balaban J connectivity index is 0. The van der Waals surface area contributed by atoms with Crippen molar-refractivity contribution in [3.05, 3.63) is 0 Å². The third-order valence-corrected chi connectivity index (χ3v) is 0.114. The van der Waals surface area contributed by atoms with Crippen molar-refractivity contribution in [2.24, 2.45) is 0 Å². The molecular formula is C2H4FO5S-. The Labute approximate surface area is 52.6 Å². The minimum Gasteiger partial charge on any atom is -0.750 e. The first-order valence-electron chi connectivity index (χ1n) is 1.56. The Morgan fingerprint density at radius 3 is 1.89 bits per heavy atom. The van der Waals surface area contributed by atoms with Gasteiger partial charge in [0.05, 0.1) is 11.4 Å². The predicted molar refractivity (Wildman–Crippen MR) is 25.2 cm³/mol. The van der Waals surface area contributed by atoms with Crippen molar-refractivity contribution in [1.82, 2.24) is 0 Å². The van der Waals surface area contributed by atoms with E-state index < -0.39 is 24.0 Å². The van der Waals surface area contributed by atoms with Crippen LogP contribution in [0.15, 0.2) is 0 Å². The molecule has 0 fully saturated rings. The molecule has 0 saturated heterocycles. The fraction of sp³-hybridized carbons (Fsp3) is 0.500. The molecule has 5 nitrogen and oxygen atoms in total. The molecule has 0 spiro atoms. The summed E-state index contributed by atoms with van der Waals surface area (Å²) in [6, 6.07) is 0. The molecule has 1 atom stereocenters. The molecule has 0 heterocycles. The van der Waals surface area contributed by atoms with Gasteiger partial charge in [-0.15, -0.1) is 0 Å². The van der Waals surface area contributed by atoms with Crippen LogP contribution in [-0.2, 0) is 16.2 Å². The zero-order chi connectivity index (χ0) is 7.86. The van der Waals surface area contributed by atoms with Gasteiger partial charge in [-0.1, -0.05) is 0 Å². The second-order valence-corrected chi connectivity index (χ2v) is 1.18. The van der Waals surface area contributed by atoms with E-state index in [1.54, 1.807) is 0 Å². The maximum atomic E-state index is 10.5. The molecule has 2 N–H and O–H groups in total. The average Bonchev–Trinajstić information content (AvgIpc) is 1.65. The van der Waals surface area contributed by atoms with Gasteiger partial charge in [-0.05, 0) is 0 Å². The summed E-state index contributed by atoms with van der Waals surface area (Å²) in [7, 11) is 0. The van der Waals surface area contributed by atoms with Crippen LogP contribution in [0.1, 0.15) is 0 Å². The Kier molecular flexibility index (Phi) is 9.37. The monoisotopic (exact) mass is 159 g/mol. The lowest BCUT2D eigenvalue weighted by atomic mass is 10.8. The molecule has 0 aromatic rings. The molecule has 0 aromatic heterocycles. The van der Waals surface area contributed by atoms with Crippen molar-refractivity contribution in [2.75, 3.05) is 6.67 Å². The molecule has 0 aromatic carbocycles. The second-order valence-electron chi connectivity index (χ2n) is 0.744. The van der Waals surface area contributed by atoms with E-state index in [0.29, 0.717) is 0 Å². The van der Waals surface area contributed by atoms with Crippen LogP contribution in [0.3, 0.4) is 0 Å². The molecule has 0 rings (SSSR count). The van der Waals surface area contributed by atoms with E-state index in [0.717, 1.165) is 0 Å². The van der Waals surface area contributed by atoms with Gasteiger partial charge in [-0.3, -0.25) is 0 Å². The number of hydrogen-bond donors (Lipinski definition) is 2. The quantitative estimate of drug-likeness (QED) is 0.497. The first-order chi connectivity index (χ1) is 4.00. The summed E-state index contributed by atoms with van der Waals surface area (Å²) in [5, 5.41) is 7.35. The normalized spacial score (nSPS) is 11.0. The highest BCUT2D eigenvalue weighted by atomic mass is 32.2. The van der Waals surface area contributed by atoms with E-state index in [1.165, 1.54) is 0 Å². The molecular weight excluding hydrogens is 155 g/mol. The highest BCUT2D eigenvalue weighted by molar-refractivity contribution is 7.73. The molecule has 0 bridgehead atoms. The van der Waals surface area contributed by atoms with Crippen LogP contribution in [-0.4, -0.2) is 31.1 Å². The lowest BCUT2D eigenvalue weighted by molar-refractivity contribution is -0.137. The summed E-state index contributed by atoms with van der Waals surface area (Å²) in [6.07, 6.45) is 0. The summed E-state index contributed by atoms with van der Waals surface area (Å²) in [5.74, 6) is -1.41. The number of carboxylic acids is 1. The van der Waals surface area contributed by atoms with Gasteiger partial charge in [0.2, 0.25) is 0 Å². The number of halogens is 1. The van der Waals surface area contributed by atoms with Crippen molar-refractivity contribution >= 4 is 17.3 Å². The number of hydrogen-bond acceptors (Lipinski definition) is 3. The maximum Gasteiger partial charge on any atom is 0.335 e. The van der Waals surface area contributed by atoms with Crippen LogP contribution in [0.25, 0.3) is 0 Å². The molecule has 56 valence electrons. The van der Waals surface area contributed by atoms with Crippen molar-refractivity contribution in [1.29, 1.82) is 0 Å². The first kappa shape index (κ1) is 11.3. The van der Waals surface area contributed by atoms with E-state index in [-0.39, 0.29) is 0 Å². The van der Waals surface area contributed by atoms with Crippen LogP contribution >= 0.6 is 0 Å². The Hall–Kier alpha value is -0.530. The molecule has 0 amide bonds. The average molecular weight is 159 g/mol. The van der Waals surface area contributed by atoms with Gasteiger partial charge in [-0.2, -0.15) is 0 Å². The zero-order valence-electron chi connectivity index (χ0n) is 4.11.